The predicted octanol–water partition coefficient (Wildman–Crippen LogP) is 1.82. The molecular weight excluding hydrogens is 584 g/mol. The fourth-order valence-corrected chi connectivity index (χ4v) is 3.40. The fraction of sp³-hybridized carbons (Fsp3) is 0.533. The minimum absolute atomic E-state index is 0.0577. The molecule has 0 saturated heterocycles. The van der Waals surface area contributed by atoms with Crippen LogP contribution in [0.5, 0.6) is 0 Å². The Morgan fingerprint density at radius 2 is 0.705 bits per heavy atom. The zero-order valence-electron chi connectivity index (χ0n) is 25.3. The summed E-state index contributed by atoms with van der Waals surface area (Å²) in [7, 11) is 2.75. The van der Waals surface area contributed by atoms with Crippen LogP contribution in [0.3, 0.4) is 0 Å². The molecule has 0 rings (SSSR count). The molecule has 0 aliphatic carbocycles. The van der Waals surface area contributed by atoms with Gasteiger partial charge in [0.2, 0.25) is 0 Å². The summed E-state index contributed by atoms with van der Waals surface area (Å²) in [5, 5.41) is 0. The van der Waals surface area contributed by atoms with Crippen LogP contribution in [-0.2, 0) is 66.7 Å². The number of unbranched alkanes of at least 4 members (excludes halogenated alkanes) is 1. The number of esters is 6. The lowest BCUT2D eigenvalue weighted by molar-refractivity contribution is -0.165. The van der Waals surface area contributed by atoms with Crippen LogP contribution in [0.2, 0.25) is 0 Å². The Bertz CT molecular complexity index is 887. The van der Waals surface area contributed by atoms with E-state index in [-0.39, 0.29) is 78.5 Å². The third kappa shape index (κ3) is 17.0. The lowest BCUT2D eigenvalue weighted by Gasteiger charge is -2.31. The molecule has 0 N–H and O–H groups in total. The second kappa shape index (κ2) is 22.3. The van der Waals surface area contributed by atoms with E-state index in [4.69, 9.17) is 37.9 Å². The Morgan fingerprint density at radius 1 is 0.455 bits per heavy atom. The lowest BCUT2D eigenvalue weighted by atomic mass is 9.92. The minimum Gasteiger partial charge on any atom is -0.465 e. The molecule has 0 aliphatic rings. The highest BCUT2D eigenvalue weighted by Gasteiger charge is 2.37. The standard InChI is InChI=1S/C30H42O14/c1-7-23(31)39-17-29(15-37-5,18-40-24(32)8-2)21-43-27(35)13-11-12-14-28(36)44-22-30(16-38-6,19-41-25(33)9-3)20-42-26(34)10-4/h7-10H,1-4,11-22H2,5-6H3. The number of hydrogen-bond acceptors (Lipinski definition) is 14. The Balaban J connectivity index is 5.03. The molecule has 0 fully saturated rings. The van der Waals surface area contributed by atoms with Gasteiger partial charge in [0.05, 0.1) is 24.0 Å². The summed E-state index contributed by atoms with van der Waals surface area (Å²) in [4.78, 5) is 71.2. The van der Waals surface area contributed by atoms with Crippen molar-refractivity contribution in [3.8, 4) is 0 Å². The van der Waals surface area contributed by atoms with Crippen LogP contribution in [0, 0.1) is 10.8 Å². The van der Waals surface area contributed by atoms with Crippen molar-refractivity contribution >= 4 is 35.8 Å². The zero-order chi connectivity index (χ0) is 33.4. The Morgan fingerprint density at radius 3 is 0.932 bits per heavy atom. The van der Waals surface area contributed by atoms with Gasteiger partial charge in [0, 0.05) is 51.4 Å². The molecule has 0 amide bonds. The summed E-state index contributed by atoms with van der Waals surface area (Å²) in [6.45, 7) is 11.4. The third-order valence-corrected chi connectivity index (χ3v) is 5.74. The van der Waals surface area contributed by atoms with Crippen LogP contribution in [0.15, 0.2) is 50.6 Å². The Hall–Kier alpha value is -4.30. The van der Waals surface area contributed by atoms with E-state index in [9.17, 15) is 28.8 Å². The quantitative estimate of drug-likeness (QED) is 0.0620. The molecule has 0 heterocycles. The van der Waals surface area contributed by atoms with Crippen molar-refractivity contribution in [2.45, 2.75) is 25.7 Å². The molecule has 14 nitrogen and oxygen atoms in total. The van der Waals surface area contributed by atoms with Gasteiger partial charge in [-0.1, -0.05) is 26.3 Å². The summed E-state index contributed by atoms with van der Waals surface area (Å²) in [5.41, 5.74) is -2.39. The highest BCUT2D eigenvalue weighted by molar-refractivity contribution is 5.82. The van der Waals surface area contributed by atoms with Crippen LogP contribution in [0.25, 0.3) is 0 Å². The molecule has 0 radical (unpaired) electrons. The van der Waals surface area contributed by atoms with E-state index in [0.717, 1.165) is 24.3 Å². The molecule has 0 bridgehead atoms. The molecule has 0 saturated carbocycles. The SMILES string of the molecule is C=CC(=O)OCC(COC)(COC(=O)C=C)COC(=O)CCCCC(=O)OCC(COC)(COC(=O)C=C)COC(=O)C=C. The van der Waals surface area contributed by atoms with Crippen LogP contribution < -0.4 is 0 Å². The second-order valence-electron chi connectivity index (χ2n) is 9.64. The number of rotatable bonds is 25. The zero-order valence-corrected chi connectivity index (χ0v) is 25.3. The molecule has 246 valence electrons. The van der Waals surface area contributed by atoms with Gasteiger partial charge in [-0.2, -0.15) is 0 Å². The van der Waals surface area contributed by atoms with Crippen molar-refractivity contribution in [1.82, 2.24) is 0 Å². The average Bonchev–Trinajstić information content (AvgIpc) is 3.03. The maximum atomic E-state index is 12.4. The summed E-state index contributed by atoms with van der Waals surface area (Å²) in [6.07, 6.45) is 4.23. The van der Waals surface area contributed by atoms with E-state index in [1.807, 2.05) is 0 Å². The molecule has 0 spiro atoms. The molecule has 0 aromatic heterocycles. The van der Waals surface area contributed by atoms with Crippen molar-refractivity contribution in [2.24, 2.45) is 10.8 Å². The monoisotopic (exact) mass is 626 g/mol. The molecule has 44 heavy (non-hydrogen) atoms. The van der Waals surface area contributed by atoms with Crippen molar-refractivity contribution in [2.75, 3.05) is 67.1 Å². The molecule has 0 unspecified atom stereocenters. The normalized spacial score (nSPS) is 10.9. The van der Waals surface area contributed by atoms with E-state index in [2.05, 4.69) is 26.3 Å². The van der Waals surface area contributed by atoms with Crippen molar-refractivity contribution in [1.29, 1.82) is 0 Å². The van der Waals surface area contributed by atoms with E-state index in [1.54, 1.807) is 0 Å². The Kier molecular flexibility index (Phi) is 20.1. The van der Waals surface area contributed by atoms with Gasteiger partial charge >= 0.3 is 35.8 Å². The van der Waals surface area contributed by atoms with Crippen LogP contribution in [0.1, 0.15) is 25.7 Å². The summed E-state index contributed by atoms with van der Waals surface area (Å²) in [6, 6.07) is 0. The van der Waals surface area contributed by atoms with Crippen molar-refractivity contribution in [3.05, 3.63) is 50.6 Å². The van der Waals surface area contributed by atoms with Gasteiger partial charge in [0.25, 0.3) is 0 Å². The molecule has 14 heteroatoms. The number of methoxy groups -OCH3 is 2. The van der Waals surface area contributed by atoms with Gasteiger partial charge in [0.15, 0.2) is 0 Å². The smallest absolute Gasteiger partial charge is 0.330 e. The largest absolute Gasteiger partial charge is 0.465 e. The highest BCUT2D eigenvalue weighted by atomic mass is 16.6. The summed E-state index contributed by atoms with van der Waals surface area (Å²) >= 11 is 0. The maximum absolute atomic E-state index is 12.4. The number of hydrogen-bond donors (Lipinski definition) is 0. The molecule has 0 aliphatic heterocycles. The van der Waals surface area contributed by atoms with E-state index in [1.165, 1.54) is 14.2 Å². The van der Waals surface area contributed by atoms with Gasteiger partial charge in [-0.25, -0.2) is 19.2 Å². The summed E-state index contributed by atoms with van der Waals surface area (Å²) in [5.74, 6) is -4.14. The predicted molar refractivity (Wildman–Crippen MR) is 154 cm³/mol. The van der Waals surface area contributed by atoms with Gasteiger partial charge < -0.3 is 37.9 Å². The number of ether oxygens (including phenoxy) is 8. The first kappa shape index (κ1) is 39.7. The number of carbonyl (C=O) groups excluding carboxylic acids is 6. The van der Waals surface area contributed by atoms with Gasteiger partial charge in [0.1, 0.15) is 39.6 Å². The first-order valence-corrected chi connectivity index (χ1v) is 13.4. The fourth-order valence-electron chi connectivity index (χ4n) is 3.40. The van der Waals surface area contributed by atoms with E-state index >= 15 is 0 Å². The Labute approximate surface area is 256 Å². The first-order chi connectivity index (χ1) is 20.9. The summed E-state index contributed by atoms with van der Waals surface area (Å²) < 4.78 is 41.4. The van der Waals surface area contributed by atoms with Gasteiger partial charge in [-0.15, -0.1) is 0 Å². The van der Waals surface area contributed by atoms with Crippen molar-refractivity contribution in [3.63, 3.8) is 0 Å². The first-order valence-electron chi connectivity index (χ1n) is 13.4. The topological polar surface area (TPSA) is 176 Å². The van der Waals surface area contributed by atoms with Gasteiger partial charge in [-0.3, -0.25) is 9.59 Å². The van der Waals surface area contributed by atoms with Gasteiger partial charge in [-0.05, 0) is 12.8 Å². The maximum Gasteiger partial charge on any atom is 0.330 e. The van der Waals surface area contributed by atoms with E-state index < -0.39 is 46.6 Å². The second-order valence-corrected chi connectivity index (χ2v) is 9.64. The van der Waals surface area contributed by atoms with Crippen LogP contribution in [-0.4, -0.2) is 103 Å². The molecule has 0 aromatic carbocycles. The van der Waals surface area contributed by atoms with Crippen LogP contribution in [0.4, 0.5) is 0 Å². The average molecular weight is 627 g/mol. The molecule has 0 atom stereocenters. The third-order valence-electron chi connectivity index (χ3n) is 5.74. The van der Waals surface area contributed by atoms with Crippen LogP contribution >= 0.6 is 0 Å². The van der Waals surface area contributed by atoms with E-state index in [0.29, 0.717) is 0 Å². The number of carbonyl (C=O) groups is 6. The lowest BCUT2D eigenvalue weighted by Crippen LogP contribution is -2.43. The minimum atomic E-state index is -1.19. The van der Waals surface area contributed by atoms with Crippen molar-refractivity contribution < 1.29 is 66.7 Å². The molecule has 0 aromatic rings. The highest BCUT2D eigenvalue weighted by Crippen LogP contribution is 2.23. The molecular formula is C30H42O14.